The predicted molar refractivity (Wildman–Crippen MR) is 37.8 cm³/mol. The standard InChI is InChI=1S/C7H13NO2/c1-5-4-6(5)8-3-2-7(9)10/h5-6,8H,2-4H2,1H3,(H,9,10). The Balaban J connectivity index is 1.91. The van der Waals surface area contributed by atoms with Gasteiger partial charge in [0.2, 0.25) is 0 Å². The van der Waals surface area contributed by atoms with E-state index in [-0.39, 0.29) is 6.42 Å². The molecule has 1 aliphatic rings. The van der Waals surface area contributed by atoms with E-state index in [1.54, 1.807) is 0 Å². The maximum absolute atomic E-state index is 10.0. The lowest BCUT2D eigenvalue weighted by Crippen LogP contribution is -2.21. The maximum Gasteiger partial charge on any atom is 0.304 e. The minimum absolute atomic E-state index is 0.239. The summed E-state index contributed by atoms with van der Waals surface area (Å²) in [6, 6.07) is 0.597. The van der Waals surface area contributed by atoms with E-state index < -0.39 is 5.97 Å². The fourth-order valence-corrected chi connectivity index (χ4v) is 0.971. The van der Waals surface area contributed by atoms with Gasteiger partial charge in [0, 0.05) is 12.6 Å². The second-order valence-corrected chi connectivity index (χ2v) is 2.92. The van der Waals surface area contributed by atoms with Gasteiger partial charge in [-0.25, -0.2) is 0 Å². The van der Waals surface area contributed by atoms with Gasteiger partial charge >= 0.3 is 5.97 Å². The molecule has 0 aromatic heterocycles. The molecule has 3 heteroatoms. The molecule has 0 aromatic carbocycles. The van der Waals surface area contributed by atoms with E-state index >= 15 is 0 Å². The molecule has 58 valence electrons. The first-order valence-electron chi connectivity index (χ1n) is 3.65. The Labute approximate surface area is 60.4 Å². The summed E-state index contributed by atoms with van der Waals surface area (Å²) in [6.45, 7) is 2.78. The Morgan fingerprint density at radius 1 is 1.80 bits per heavy atom. The second kappa shape index (κ2) is 3.01. The van der Waals surface area contributed by atoms with Crippen LogP contribution in [0, 0.1) is 5.92 Å². The largest absolute Gasteiger partial charge is 0.481 e. The highest BCUT2D eigenvalue weighted by Crippen LogP contribution is 2.28. The van der Waals surface area contributed by atoms with Crippen molar-refractivity contribution in [1.82, 2.24) is 5.32 Å². The normalized spacial score (nSPS) is 30.1. The van der Waals surface area contributed by atoms with Crippen LogP contribution >= 0.6 is 0 Å². The molecule has 10 heavy (non-hydrogen) atoms. The minimum Gasteiger partial charge on any atom is -0.481 e. The van der Waals surface area contributed by atoms with Crippen LogP contribution in [-0.2, 0) is 4.79 Å². The molecule has 0 amide bonds. The van der Waals surface area contributed by atoms with Gasteiger partial charge in [-0.15, -0.1) is 0 Å². The highest BCUT2D eigenvalue weighted by molar-refractivity contribution is 5.66. The SMILES string of the molecule is CC1CC1NCCC(=O)O. The fraction of sp³-hybridized carbons (Fsp3) is 0.857. The predicted octanol–water partition coefficient (Wildman–Crippen LogP) is 0.459. The molecule has 1 fully saturated rings. The highest BCUT2D eigenvalue weighted by Gasteiger charge is 2.31. The molecule has 1 rings (SSSR count). The van der Waals surface area contributed by atoms with E-state index in [2.05, 4.69) is 12.2 Å². The zero-order chi connectivity index (χ0) is 7.56. The zero-order valence-corrected chi connectivity index (χ0v) is 6.13. The summed E-state index contributed by atoms with van der Waals surface area (Å²) < 4.78 is 0. The third-order valence-corrected chi connectivity index (χ3v) is 1.85. The molecule has 2 unspecified atom stereocenters. The van der Waals surface area contributed by atoms with Crippen molar-refractivity contribution in [3.63, 3.8) is 0 Å². The van der Waals surface area contributed by atoms with Gasteiger partial charge in [0.15, 0.2) is 0 Å². The first kappa shape index (κ1) is 7.54. The van der Waals surface area contributed by atoms with E-state index in [4.69, 9.17) is 5.11 Å². The Bertz CT molecular complexity index is 136. The van der Waals surface area contributed by atoms with Crippen LogP contribution in [0.5, 0.6) is 0 Å². The summed E-state index contributed by atoms with van der Waals surface area (Å²) in [5, 5.41) is 11.4. The van der Waals surface area contributed by atoms with Crippen molar-refractivity contribution in [3.05, 3.63) is 0 Å². The molecule has 0 bridgehead atoms. The second-order valence-electron chi connectivity index (χ2n) is 2.92. The molecule has 1 saturated carbocycles. The molecule has 2 atom stereocenters. The summed E-state index contributed by atoms with van der Waals surface area (Å²) >= 11 is 0. The topological polar surface area (TPSA) is 49.3 Å². The smallest absolute Gasteiger partial charge is 0.304 e. The number of hydrogen-bond donors (Lipinski definition) is 2. The van der Waals surface area contributed by atoms with Crippen LogP contribution in [0.2, 0.25) is 0 Å². The van der Waals surface area contributed by atoms with Gasteiger partial charge < -0.3 is 10.4 Å². The van der Waals surface area contributed by atoms with Gasteiger partial charge in [0.05, 0.1) is 6.42 Å². The molecule has 0 spiro atoms. The summed E-state index contributed by atoms with van der Waals surface area (Å²) in [5.74, 6) is 0.0367. The average molecular weight is 143 g/mol. The Morgan fingerprint density at radius 2 is 2.40 bits per heavy atom. The molecule has 1 aliphatic carbocycles. The van der Waals surface area contributed by atoms with Crippen molar-refractivity contribution >= 4 is 5.97 Å². The lowest BCUT2D eigenvalue weighted by Gasteiger charge is -1.97. The van der Waals surface area contributed by atoms with Crippen LogP contribution in [0.15, 0.2) is 0 Å². The van der Waals surface area contributed by atoms with Crippen molar-refractivity contribution in [2.24, 2.45) is 5.92 Å². The summed E-state index contributed by atoms with van der Waals surface area (Å²) in [4.78, 5) is 10.0. The van der Waals surface area contributed by atoms with Crippen molar-refractivity contribution in [2.45, 2.75) is 25.8 Å². The lowest BCUT2D eigenvalue weighted by molar-refractivity contribution is -0.136. The quantitative estimate of drug-likeness (QED) is 0.601. The number of rotatable bonds is 4. The summed E-state index contributed by atoms with van der Waals surface area (Å²) in [6.07, 6.45) is 1.45. The van der Waals surface area contributed by atoms with Gasteiger partial charge in [-0.3, -0.25) is 4.79 Å². The van der Waals surface area contributed by atoms with E-state index in [0.717, 1.165) is 5.92 Å². The molecule has 0 radical (unpaired) electrons. The number of carbonyl (C=O) groups is 1. The molecule has 0 saturated heterocycles. The molecule has 0 aliphatic heterocycles. The number of carboxylic acid groups (broad SMARTS) is 1. The van der Waals surface area contributed by atoms with Crippen LogP contribution in [0.1, 0.15) is 19.8 Å². The lowest BCUT2D eigenvalue weighted by atomic mass is 10.4. The third kappa shape index (κ3) is 2.35. The van der Waals surface area contributed by atoms with Crippen LogP contribution in [-0.4, -0.2) is 23.7 Å². The number of hydrogen-bond acceptors (Lipinski definition) is 2. The minimum atomic E-state index is -0.721. The number of nitrogens with one attached hydrogen (secondary N) is 1. The number of carboxylic acids is 1. The van der Waals surface area contributed by atoms with Gasteiger partial charge in [0.25, 0.3) is 0 Å². The first-order chi connectivity index (χ1) is 4.70. The van der Waals surface area contributed by atoms with Crippen LogP contribution in [0.3, 0.4) is 0 Å². The number of aliphatic carboxylic acids is 1. The van der Waals surface area contributed by atoms with E-state index in [1.165, 1.54) is 6.42 Å². The van der Waals surface area contributed by atoms with E-state index in [0.29, 0.717) is 12.6 Å². The first-order valence-corrected chi connectivity index (χ1v) is 3.65. The monoisotopic (exact) mass is 143 g/mol. The van der Waals surface area contributed by atoms with E-state index in [1.807, 2.05) is 0 Å². The molecule has 0 aromatic rings. The van der Waals surface area contributed by atoms with Crippen LogP contribution < -0.4 is 5.32 Å². The summed E-state index contributed by atoms with van der Waals surface area (Å²) in [7, 11) is 0. The van der Waals surface area contributed by atoms with Crippen molar-refractivity contribution in [1.29, 1.82) is 0 Å². The summed E-state index contributed by atoms with van der Waals surface area (Å²) in [5.41, 5.74) is 0. The zero-order valence-electron chi connectivity index (χ0n) is 6.13. The Morgan fingerprint density at radius 3 is 2.80 bits per heavy atom. The molecule has 2 N–H and O–H groups in total. The van der Waals surface area contributed by atoms with Gasteiger partial charge in [0.1, 0.15) is 0 Å². The maximum atomic E-state index is 10.0. The molecule has 0 heterocycles. The van der Waals surface area contributed by atoms with Crippen molar-refractivity contribution in [3.8, 4) is 0 Å². The van der Waals surface area contributed by atoms with Gasteiger partial charge in [-0.1, -0.05) is 6.92 Å². The van der Waals surface area contributed by atoms with Crippen molar-refractivity contribution in [2.75, 3.05) is 6.54 Å². The van der Waals surface area contributed by atoms with E-state index in [9.17, 15) is 4.79 Å². The molecular weight excluding hydrogens is 130 g/mol. The Hall–Kier alpha value is -0.570. The molecule has 3 nitrogen and oxygen atoms in total. The molecular formula is C7H13NO2. The Kier molecular flexibility index (Phi) is 2.27. The van der Waals surface area contributed by atoms with Crippen LogP contribution in [0.4, 0.5) is 0 Å². The fourth-order valence-electron chi connectivity index (χ4n) is 0.971. The average Bonchev–Trinajstić information content (AvgIpc) is 2.46. The van der Waals surface area contributed by atoms with Crippen LogP contribution in [0.25, 0.3) is 0 Å². The third-order valence-electron chi connectivity index (χ3n) is 1.85. The van der Waals surface area contributed by atoms with Gasteiger partial charge in [-0.05, 0) is 12.3 Å². The van der Waals surface area contributed by atoms with Crippen molar-refractivity contribution < 1.29 is 9.90 Å². The van der Waals surface area contributed by atoms with Gasteiger partial charge in [-0.2, -0.15) is 0 Å². The highest BCUT2D eigenvalue weighted by atomic mass is 16.4.